The Kier molecular flexibility index (Phi) is 10.2. The van der Waals surface area contributed by atoms with Crippen molar-refractivity contribution in [1.29, 1.82) is 0 Å². The second-order valence-corrected chi connectivity index (χ2v) is 10.7. The number of carbonyl (C=O) groups is 2. The minimum absolute atomic E-state index is 0.210. The zero-order chi connectivity index (χ0) is 31.3. The summed E-state index contributed by atoms with van der Waals surface area (Å²) in [4.78, 5) is 24.5. The van der Waals surface area contributed by atoms with E-state index in [9.17, 15) is 55.6 Å². The third-order valence-electron chi connectivity index (χ3n) is 8.23. The minimum atomic E-state index is -2.40. The highest BCUT2D eigenvalue weighted by Gasteiger charge is 2.63. The van der Waals surface area contributed by atoms with Crippen LogP contribution in [0.25, 0.3) is 0 Å². The number of carbonyl (C=O) groups excluding carboxylic acids is 2. The molecule has 20 heteroatoms. The number of imide groups is 1. The van der Waals surface area contributed by atoms with Crippen LogP contribution in [0.1, 0.15) is 6.42 Å². The second-order valence-electron chi connectivity index (χ2n) is 10.7. The third-order valence-corrected chi connectivity index (χ3v) is 8.23. The van der Waals surface area contributed by atoms with Crippen molar-refractivity contribution >= 4 is 11.8 Å². The number of nitrogens with two attached hydrogens (primary N) is 3. The Morgan fingerprint density at radius 1 is 0.810 bits per heavy atom. The van der Waals surface area contributed by atoms with E-state index in [1.165, 1.54) is 0 Å². The molecule has 20 nitrogen and oxygen atoms in total. The van der Waals surface area contributed by atoms with E-state index in [-0.39, 0.29) is 5.06 Å². The fourth-order valence-electron chi connectivity index (χ4n) is 5.63. The van der Waals surface area contributed by atoms with Crippen molar-refractivity contribution in [1.82, 2.24) is 5.06 Å². The summed E-state index contributed by atoms with van der Waals surface area (Å²) in [6, 6.07) is -4.41. The van der Waals surface area contributed by atoms with Crippen LogP contribution in [0.3, 0.4) is 0 Å². The van der Waals surface area contributed by atoms with Gasteiger partial charge >= 0.3 is 0 Å². The first-order chi connectivity index (χ1) is 19.7. The van der Waals surface area contributed by atoms with E-state index in [0.717, 1.165) is 0 Å². The van der Waals surface area contributed by atoms with Gasteiger partial charge in [-0.05, 0) is 0 Å². The molecule has 15 N–H and O–H groups in total. The Labute approximate surface area is 237 Å². The summed E-state index contributed by atoms with van der Waals surface area (Å²) < 4.78 is 27.9. The molecule has 3 unspecified atom stereocenters. The summed E-state index contributed by atoms with van der Waals surface area (Å²) in [7, 11) is 0. The molecule has 0 aromatic carbocycles. The Bertz CT molecular complexity index is 979. The van der Waals surface area contributed by atoms with Crippen LogP contribution in [-0.4, -0.2) is 174 Å². The number of aliphatic hydroxyl groups excluding tert-OH is 8. The summed E-state index contributed by atoms with van der Waals surface area (Å²) in [5.74, 6) is -3.96. The molecule has 4 aliphatic rings. The van der Waals surface area contributed by atoms with Gasteiger partial charge in [0.05, 0.1) is 43.9 Å². The summed E-state index contributed by atoms with van der Waals surface area (Å²) in [5.41, 5.74) is 15.4. The molecule has 4 heterocycles. The van der Waals surface area contributed by atoms with Gasteiger partial charge in [0.25, 0.3) is 11.8 Å². The quantitative estimate of drug-likeness (QED) is 0.0891. The van der Waals surface area contributed by atoms with Crippen LogP contribution in [0.2, 0.25) is 0 Å². The average Bonchev–Trinajstić information content (AvgIpc) is 3.24. The summed E-state index contributed by atoms with van der Waals surface area (Å²) >= 11 is 0. The number of amides is 2. The molecule has 0 bridgehead atoms. The molecule has 4 saturated heterocycles. The molecule has 4 aliphatic heterocycles. The molecular weight excluding hydrogens is 576 g/mol. The van der Waals surface area contributed by atoms with E-state index in [0.29, 0.717) is 0 Å². The van der Waals surface area contributed by atoms with E-state index < -0.39 is 135 Å². The maximum Gasteiger partial charge on any atom is 0.260 e. The van der Waals surface area contributed by atoms with Crippen molar-refractivity contribution in [3.63, 3.8) is 0 Å². The summed E-state index contributed by atoms with van der Waals surface area (Å²) in [6.07, 6.45) is -18.7. The fraction of sp³-hybridized carbons (Fsp3) is 0.909. The zero-order valence-electron chi connectivity index (χ0n) is 22.1. The molecular formula is C22H38N4O16. The Hall–Kier alpha value is -1.54. The van der Waals surface area contributed by atoms with Crippen molar-refractivity contribution in [3.8, 4) is 0 Å². The van der Waals surface area contributed by atoms with Crippen LogP contribution < -0.4 is 17.2 Å². The fourth-order valence-corrected chi connectivity index (χ4v) is 5.63. The van der Waals surface area contributed by atoms with Gasteiger partial charge in [-0.1, -0.05) is 0 Å². The predicted octanol–water partition coefficient (Wildman–Crippen LogP) is -8.54. The maximum atomic E-state index is 12.5. The molecule has 0 saturated carbocycles. The smallest absolute Gasteiger partial charge is 0.260 e. The number of ether oxygens (including phenoxy) is 5. The van der Waals surface area contributed by atoms with Crippen molar-refractivity contribution in [2.45, 2.75) is 97.8 Å². The first-order valence-electron chi connectivity index (χ1n) is 13.1. The van der Waals surface area contributed by atoms with Crippen LogP contribution in [0.5, 0.6) is 0 Å². The molecule has 16 atom stereocenters. The first kappa shape index (κ1) is 33.4. The lowest BCUT2D eigenvalue weighted by molar-refractivity contribution is -0.364. The lowest BCUT2D eigenvalue weighted by atomic mass is 9.76. The van der Waals surface area contributed by atoms with Crippen LogP contribution in [0.15, 0.2) is 0 Å². The molecule has 42 heavy (non-hydrogen) atoms. The van der Waals surface area contributed by atoms with E-state index >= 15 is 0 Å². The lowest BCUT2D eigenvalue weighted by Crippen LogP contribution is -2.73. The van der Waals surface area contributed by atoms with Gasteiger partial charge in [-0.2, -0.15) is 5.06 Å². The van der Waals surface area contributed by atoms with Crippen LogP contribution in [0, 0.1) is 5.92 Å². The molecule has 4 rings (SSSR count). The van der Waals surface area contributed by atoms with Gasteiger partial charge in [0, 0.05) is 6.42 Å². The number of hydroxylamine groups is 2. The average molecular weight is 615 g/mol. The first-order valence-corrected chi connectivity index (χ1v) is 13.1. The van der Waals surface area contributed by atoms with Crippen LogP contribution in [-0.2, 0) is 33.3 Å². The molecule has 0 aromatic heterocycles. The molecule has 0 aliphatic carbocycles. The summed E-state index contributed by atoms with van der Waals surface area (Å²) in [5, 5.41) is 92.1. The van der Waals surface area contributed by atoms with Gasteiger partial charge in [-0.15, -0.1) is 0 Å². The van der Waals surface area contributed by atoms with Gasteiger partial charge < -0.3 is 81.7 Å². The van der Waals surface area contributed by atoms with Crippen molar-refractivity contribution in [2.75, 3.05) is 19.8 Å². The van der Waals surface area contributed by atoms with Crippen LogP contribution >= 0.6 is 0 Å². The van der Waals surface area contributed by atoms with E-state index in [1.807, 2.05) is 0 Å². The van der Waals surface area contributed by atoms with Crippen molar-refractivity contribution < 1.29 is 79.3 Å². The molecule has 0 radical (unpaired) electrons. The van der Waals surface area contributed by atoms with Gasteiger partial charge in [0.15, 0.2) is 18.9 Å². The van der Waals surface area contributed by atoms with Crippen molar-refractivity contribution in [2.24, 2.45) is 23.1 Å². The molecule has 242 valence electrons. The highest BCUT2D eigenvalue weighted by Crippen LogP contribution is 2.41. The topological polar surface area (TPSA) is 344 Å². The third kappa shape index (κ3) is 5.57. The number of hydrogen-bond donors (Lipinski definition) is 12. The Morgan fingerprint density at radius 2 is 1.33 bits per heavy atom. The number of nitrogens with zero attached hydrogens (tertiary/aromatic N) is 1. The SMILES string of the molecule is N[C@H]1[C@@H](OC2[C@@H](CO)O[C@@H](OC3[C@@H](CO)O[C@@H](O)[C@H](N)[C@H]3O)[C@H](N)[C@H]2O)O[C@@](CO)(C2CC(=O)N(O)C2=O)[C@@H](O)[C@@H]1O. The monoisotopic (exact) mass is 614 g/mol. The van der Waals surface area contributed by atoms with Crippen LogP contribution in [0.4, 0.5) is 0 Å². The van der Waals surface area contributed by atoms with Gasteiger partial charge in [-0.3, -0.25) is 14.8 Å². The largest absolute Gasteiger partial charge is 0.394 e. The lowest BCUT2D eigenvalue weighted by Gasteiger charge is -2.52. The normalized spacial score (nSPS) is 50.4. The van der Waals surface area contributed by atoms with Gasteiger partial charge in [0.1, 0.15) is 54.4 Å². The molecule has 2 amide bonds. The highest BCUT2D eigenvalue weighted by atomic mass is 16.7. The van der Waals surface area contributed by atoms with E-state index in [1.54, 1.807) is 0 Å². The van der Waals surface area contributed by atoms with E-state index in [2.05, 4.69) is 0 Å². The number of hydrogen-bond acceptors (Lipinski definition) is 19. The summed E-state index contributed by atoms with van der Waals surface area (Å²) in [6.45, 7) is -2.70. The number of rotatable bonds is 8. The predicted molar refractivity (Wildman–Crippen MR) is 128 cm³/mol. The molecule has 0 aromatic rings. The van der Waals surface area contributed by atoms with Gasteiger partial charge in [0.2, 0.25) is 0 Å². The zero-order valence-corrected chi connectivity index (χ0v) is 22.1. The minimum Gasteiger partial charge on any atom is -0.394 e. The maximum absolute atomic E-state index is 12.5. The van der Waals surface area contributed by atoms with Gasteiger partial charge in [-0.25, -0.2) is 0 Å². The highest BCUT2D eigenvalue weighted by molar-refractivity contribution is 6.02. The van der Waals surface area contributed by atoms with E-state index in [4.69, 9.17) is 40.9 Å². The van der Waals surface area contributed by atoms with Crippen molar-refractivity contribution in [3.05, 3.63) is 0 Å². The molecule has 4 fully saturated rings. The number of aliphatic hydroxyl groups is 8. The molecule has 0 spiro atoms. The second kappa shape index (κ2) is 12.8. The standard InChI is InChI=1S/C22H38N4O16/c23-9-12(31)15(6(2-27)38-19(9)36)40-20-10(24)13(32)16(7(3-28)39-20)41-21-11(25)14(33)17(34)22(4-29,42-21)5-1-8(30)26(37)18(5)35/h5-7,9-17,19-21,27-29,31-34,36-37H,1-4,23-25H2/t5?,6-,7-,9-,10-,11-,12-,13-,14-,15?,16?,17+,19-,20+,21+,22+/m1/s1. The Morgan fingerprint density at radius 3 is 1.86 bits per heavy atom. The Balaban J connectivity index is 1.54.